The van der Waals surface area contributed by atoms with Gasteiger partial charge in [-0.3, -0.25) is 43.2 Å². The zero-order chi connectivity index (χ0) is 75.1. The van der Waals surface area contributed by atoms with Crippen LogP contribution >= 0.6 is 203 Å². The first-order valence-electron chi connectivity index (χ1n) is 28.2. The van der Waals surface area contributed by atoms with Crippen molar-refractivity contribution in [1.82, 2.24) is 29.4 Å². The third-order valence-electron chi connectivity index (χ3n) is 14.2. The molecule has 0 aliphatic rings. The molecule has 0 bridgehead atoms. The molecule has 19 N–H and O–H groups in total. The number of rotatable bonds is 34. The van der Waals surface area contributed by atoms with Crippen molar-refractivity contribution in [3.05, 3.63) is 65.5 Å². The number of hydrogen-bond acceptors (Lipinski definition) is 25. The summed E-state index contributed by atoms with van der Waals surface area (Å²) in [4.78, 5) is 135. The van der Waals surface area contributed by atoms with Crippen molar-refractivity contribution in [2.75, 3.05) is 137 Å². The summed E-state index contributed by atoms with van der Waals surface area (Å²) in [6.07, 6.45) is -19.0. The van der Waals surface area contributed by atoms with Gasteiger partial charge in [0.15, 0.2) is 18.3 Å². The molecule has 10 unspecified atom stereocenters. The van der Waals surface area contributed by atoms with E-state index in [1.807, 2.05) is 0 Å². The summed E-state index contributed by atoms with van der Waals surface area (Å²) >= 11 is 15.1. The summed E-state index contributed by atoms with van der Waals surface area (Å²) in [6, 6.07) is 0. The lowest BCUT2D eigenvalue weighted by Gasteiger charge is -2.32. The lowest BCUT2D eigenvalue weighted by Crippen LogP contribution is -2.47. The van der Waals surface area contributed by atoms with E-state index in [1.165, 1.54) is 35.2 Å². The molecule has 0 aliphatic carbocycles. The SMILES string of the molecule is CN(CCN(CC(O)CN(C)C(=O)c1c(I)c(NC(=O)C(O)C(O)CO)c(I)c(C(=O)N(C)CC(O)CO)c1I)C(=O)c1c(I)c(NC(=O)C(O)C(O)CO)c(I)c(C(=O)N(C)CC(O)CO)c1I)C(=O)c1c(I)c(NC(=O)C(O)C(O)CO)c(I)c(C(=O)N(C)CC(O)CO)c1I. The van der Waals surface area contributed by atoms with Crippen molar-refractivity contribution >= 4 is 274 Å². The number of nitrogens with zero attached hydrogens (tertiary/aromatic N) is 6. The van der Waals surface area contributed by atoms with Crippen molar-refractivity contribution in [1.29, 1.82) is 0 Å². The van der Waals surface area contributed by atoms with E-state index >= 15 is 9.59 Å². The molecule has 3 aromatic carbocycles. The quantitative estimate of drug-likeness (QED) is 0.0261. The Hall–Kier alpha value is -1.18. The van der Waals surface area contributed by atoms with E-state index in [-0.39, 0.29) is 77.0 Å². The second-order valence-electron chi connectivity index (χ2n) is 21.6. The Bertz CT molecular complexity index is 3460. The van der Waals surface area contributed by atoms with Crippen LogP contribution in [0.2, 0.25) is 0 Å². The molecular weight excluding hydrogens is 2330 g/mol. The summed E-state index contributed by atoms with van der Waals surface area (Å²) in [5, 5.41) is 170. The zero-order valence-electron chi connectivity index (χ0n) is 51.9. The van der Waals surface area contributed by atoms with E-state index in [9.17, 15) is 115 Å². The minimum atomic E-state index is -2.30. The first-order valence-corrected chi connectivity index (χ1v) is 37.9. The van der Waals surface area contributed by atoms with Crippen molar-refractivity contribution in [2.24, 2.45) is 0 Å². The van der Waals surface area contributed by atoms with E-state index in [1.54, 1.807) is 203 Å². The lowest BCUT2D eigenvalue weighted by molar-refractivity contribution is -0.131. The first kappa shape index (κ1) is 91.0. The van der Waals surface area contributed by atoms with Gasteiger partial charge in [0.1, 0.15) is 18.3 Å². The number of amides is 9. The molecule has 34 nitrogen and oxygen atoms in total. The van der Waals surface area contributed by atoms with Gasteiger partial charge in [0.05, 0.1) is 136 Å². The maximum absolute atomic E-state index is 15.8. The third-order valence-corrected chi connectivity index (χ3v) is 23.9. The average Bonchev–Trinajstić information content (AvgIpc) is 0.773. The molecule has 10 atom stereocenters. The van der Waals surface area contributed by atoms with Gasteiger partial charge in [-0.1, -0.05) is 0 Å². The van der Waals surface area contributed by atoms with Gasteiger partial charge in [-0.05, 0) is 203 Å². The maximum atomic E-state index is 15.8. The molecule has 0 radical (unpaired) electrons. The molecule has 98 heavy (non-hydrogen) atoms. The molecule has 0 saturated carbocycles. The van der Waals surface area contributed by atoms with Crippen LogP contribution in [0.5, 0.6) is 0 Å². The summed E-state index contributed by atoms with van der Waals surface area (Å²) in [5.74, 6) is -9.49. The summed E-state index contributed by atoms with van der Waals surface area (Å²) in [7, 11) is 6.21. The van der Waals surface area contributed by atoms with Crippen LogP contribution in [-0.2, 0) is 14.4 Å². The van der Waals surface area contributed by atoms with Crippen LogP contribution in [0.1, 0.15) is 62.1 Å². The van der Waals surface area contributed by atoms with Gasteiger partial charge in [0.25, 0.3) is 53.2 Å². The topological polar surface area (TPSA) is 533 Å². The van der Waals surface area contributed by atoms with Gasteiger partial charge in [-0.2, -0.15) is 0 Å². The lowest BCUT2D eigenvalue weighted by atomic mass is 10.0. The number of halogens is 9. The predicted molar refractivity (Wildman–Crippen MR) is 423 cm³/mol. The first-order chi connectivity index (χ1) is 45.6. The average molecular weight is 2400 g/mol. The number of benzene rings is 3. The molecule has 0 aromatic heterocycles. The Kier molecular flexibility index (Phi) is 38.7. The van der Waals surface area contributed by atoms with Gasteiger partial charge >= 0.3 is 0 Å². The highest BCUT2D eigenvalue weighted by atomic mass is 127. The fourth-order valence-corrected chi connectivity index (χ4v) is 21.8. The van der Waals surface area contributed by atoms with Crippen LogP contribution in [0.3, 0.4) is 0 Å². The molecule has 43 heteroatoms. The van der Waals surface area contributed by atoms with E-state index in [4.69, 9.17) is 0 Å². The van der Waals surface area contributed by atoms with Crippen LogP contribution in [0.25, 0.3) is 0 Å². The Balaban J connectivity index is 2.46. The molecule has 0 aliphatic heterocycles. The summed E-state index contributed by atoms with van der Waals surface area (Å²) in [5.41, 5.74) is -2.61. The molecule has 0 fully saturated rings. The van der Waals surface area contributed by atoms with Crippen LogP contribution < -0.4 is 16.0 Å². The monoisotopic (exact) mass is 2400 g/mol. The van der Waals surface area contributed by atoms with Crippen LogP contribution in [0.4, 0.5) is 17.1 Å². The van der Waals surface area contributed by atoms with Crippen LogP contribution in [-0.4, -0.2) is 346 Å². The molecule has 0 spiro atoms. The molecular formula is C55H70I9N9O25. The third kappa shape index (κ3) is 22.7. The second kappa shape index (κ2) is 41.7. The number of likely N-dealkylation sites (N-methyl/N-ethyl adjacent to an activating group) is 5. The molecule has 3 rings (SSSR count). The Morgan fingerprint density at radius 2 is 0.510 bits per heavy atom. The fraction of sp³-hybridized carbons (Fsp3) is 0.509. The predicted octanol–water partition coefficient (Wildman–Crippen LogP) is -3.29. The van der Waals surface area contributed by atoms with Gasteiger partial charge in [-0.25, -0.2) is 0 Å². The minimum Gasteiger partial charge on any atom is -0.394 e. The highest BCUT2D eigenvalue weighted by Crippen LogP contribution is 2.41. The zero-order valence-corrected chi connectivity index (χ0v) is 71.3. The minimum absolute atomic E-state index is 0.0193. The molecule has 0 heterocycles. The van der Waals surface area contributed by atoms with E-state index in [2.05, 4.69) is 16.0 Å². The molecule has 3 aromatic rings. The van der Waals surface area contributed by atoms with E-state index in [0.29, 0.717) is 0 Å². The molecule has 9 amide bonds. The standard InChI is InChI=1S/C55H70I9N9O25/c1-68(50(93)26-32(56)27(52(95)70(3)9-20(81)13-74)36(60)41(35(26)59)65-47(90)44(87)23(84)16-77)6-7-73(55(98)31-34(58)30(54(97)72(5)11-22(83)15-76)39(63)43(40(31)64)67-49(92)46(89)25(86)18-79)12-19(80)8-69(2)51(94)28-33(57)29(53(96)71(4)10-21(82)14-75)38(62)42(37(28)61)66-48(91)45(88)24(85)17-78/h19-25,44-46,74-89H,6-18H2,1-5H3,(H,65,90)(H,66,91)(H,67,92). The van der Waals surface area contributed by atoms with Gasteiger partial charge in [0, 0.05) is 91.8 Å². The Morgan fingerprint density at radius 1 is 0.296 bits per heavy atom. The van der Waals surface area contributed by atoms with Crippen molar-refractivity contribution in [3.8, 4) is 0 Å². The normalized spacial score (nSPS) is 14.5. The van der Waals surface area contributed by atoms with Crippen molar-refractivity contribution in [3.63, 3.8) is 0 Å². The molecule has 548 valence electrons. The summed E-state index contributed by atoms with van der Waals surface area (Å²) in [6.45, 7) is -9.52. The van der Waals surface area contributed by atoms with Crippen molar-refractivity contribution < 1.29 is 125 Å². The Labute approximate surface area is 682 Å². The summed E-state index contributed by atoms with van der Waals surface area (Å²) < 4.78 is -0.651. The number of carbonyl (C=O) groups is 9. The number of nitrogens with one attached hydrogen (secondary N) is 3. The van der Waals surface area contributed by atoms with Gasteiger partial charge in [0.2, 0.25) is 0 Å². The van der Waals surface area contributed by atoms with E-state index < -0.39 is 205 Å². The fourth-order valence-electron chi connectivity index (χ4n) is 8.71. The number of aliphatic hydroxyl groups is 16. The Morgan fingerprint density at radius 3 is 0.735 bits per heavy atom. The highest BCUT2D eigenvalue weighted by molar-refractivity contribution is 14.1. The van der Waals surface area contributed by atoms with Crippen LogP contribution in [0, 0.1) is 32.1 Å². The van der Waals surface area contributed by atoms with Gasteiger partial charge in [-0.15, -0.1) is 0 Å². The van der Waals surface area contributed by atoms with Crippen molar-refractivity contribution in [2.45, 2.75) is 61.0 Å². The second-order valence-corrected chi connectivity index (χ2v) is 31.3. The van der Waals surface area contributed by atoms with Gasteiger partial charge < -0.3 is 127 Å². The number of aliphatic hydroxyl groups excluding tert-OH is 16. The molecule has 0 saturated heterocycles. The number of carbonyl (C=O) groups excluding carboxylic acids is 9. The maximum Gasteiger partial charge on any atom is 0.256 e. The van der Waals surface area contributed by atoms with Crippen LogP contribution in [0.15, 0.2) is 0 Å². The largest absolute Gasteiger partial charge is 0.394 e. The smallest absolute Gasteiger partial charge is 0.256 e. The van der Waals surface area contributed by atoms with E-state index in [0.717, 1.165) is 29.4 Å². The highest BCUT2D eigenvalue weighted by Gasteiger charge is 2.39. The number of hydrogen-bond donors (Lipinski definition) is 19. The number of anilines is 3.